The van der Waals surface area contributed by atoms with Crippen molar-refractivity contribution >= 4 is 49.1 Å². The van der Waals surface area contributed by atoms with Crippen molar-refractivity contribution in [2.45, 2.75) is 38.8 Å². The van der Waals surface area contributed by atoms with Crippen LogP contribution in [0.4, 0.5) is 5.69 Å². The molecule has 0 fully saturated rings. The summed E-state index contributed by atoms with van der Waals surface area (Å²) in [5, 5.41) is 4.16. The van der Waals surface area contributed by atoms with Gasteiger partial charge in [-0.3, -0.25) is 0 Å². The van der Waals surface area contributed by atoms with Gasteiger partial charge in [-0.25, -0.2) is 0 Å². The molecule has 0 bridgehead atoms. The monoisotopic (exact) mass is 397 g/mol. The van der Waals surface area contributed by atoms with E-state index in [0.29, 0.717) is 5.02 Å². The van der Waals surface area contributed by atoms with E-state index in [1.807, 2.05) is 12.1 Å². The maximum atomic E-state index is 5.98. The van der Waals surface area contributed by atoms with Gasteiger partial charge in [0.2, 0.25) is 0 Å². The standard InChI is InChI=1S/C13H18Br2ClNO/c1-8(7-13(2,3)18-4)17-12-10(14)5-9(16)6-11(12)15/h5-6,8,17H,7H2,1-4H3. The number of methoxy groups -OCH3 is 1. The average Bonchev–Trinajstić information content (AvgIpc) is 2.22. The van der Waals surface area contributed by atoms with E-state index in [2.05, 4.69) is 57.9 Å². The van der Waals surface area contributed by atoms with E-state index in [0.717, 1.165) is 21.1 Å². The average molecular weight is 400 g/mol. The summed E-state index contributed by atoms with van der Waals surface area (Å²) in [5.74, 6) is 0. The molecule has 0 spiro atoms. The van der Waals surface area contributed by atoms with E-state index in [1.165, 1.54) is 0 Å². The molecule has 0 radical (unpaired) electrons. The molecule has 102 valence electrons. The molecule has 1 N–H and O–H groups in total. The van der Waals surface area contributed by atoms with Crippen LogP contribution >= 0.6 is 43.5 Å². The van der Waals surface area contributed by atoms with Crippen molar-refractivity contribution < 1.29 is 4.74 Å². The minimum absolute atomic E-state index is 0.141. The zero-order chi connectivity index (χ0) is 13.9. The highest BCUT2D eigenvalue weighted by atomic mass is 79.9. The summed E-state index contributed by atoms with van der Waals surface area (Å²) in [5.41, 5.74) is 0.872. The molecule has 1 rings (SSSR count). The van der Waals surface area contributed by atoms with Gasteiger partial charge in [-0.05, 0) is 71.2 Å². The third-order valence-electron chi connectivity index (χ3n) is 2.75. The number of rotatable bonds is 5. The lowest BCUT2D eigenvalue weighted by atomic mass is 10.00. The first-order chi connectivity index (χ1) is 8.25. The Morgan fingerprint density at radius 3 is 2.28 bits per heavy atom. The van der Waals surface area contributed by atoms with Crippen LogP contribution in [0.1, 0.15) is 27.2 Å². The Balaban J connectivity index is 2.79. The number of hydrogen-bond donors (Lipinski definition) is 1. The molecule has 1 aromatic carbocycles. The van der Waals surface area contributed by atoms with Gasteiger partial charge in [-0.1, -0.05) is 11.6 Å². The number of ether oxygens (including phenoxy) is 1. The molecule has 0 saturated carbocycles. The molecule has 1 unspecified atom stereocenters. The van der Waals surface area contributed by atoms with Gasteiger partial charge in [0.15, 0.2) is 0 Å². The highest BCUT2D eigenvalue weighted by Gasteiger charge is 2.21. The summed E-state index contributed by atoms with van der Waals surface area (Å²) in [7, 11) is 1.74. The Morgan fingerprint density at radius 2 is 1.83 bits per heavy atom. The van der Waals surface area contributed by atoms with Crippen molar-refractivity contribution in [3.63, 3.8) is 0 Å². The van der Waals surface area contributed by atoms with Gasteiger partial charge in [-0.15, -0.1) is 0 Å². The SMILES string of the molecule is COC(C)(C)CC(C)Nc1c(Br)cc(Cl)cc1Br. The molecule has 2 nitrogen and oxygen atoms in total. The summed E-state index contributed by atoms with van der Waals surface area (Å²) in [6.07, 6.45) is 0.908. The first-order valence-corrected chi connectivity index (χ1v) is 7.68. The van der Waals surface area contributed by atoms with Crippen LogP contribution in [-0.4, -0.2) is 18.8 Å². The molecule has 1 atom stereocenters. The number of hydrogen-bond acceptors (Lipinski definition) is 2. The first kappa shape index (κ1) is 16.3. The van der Waals surface area contributed by atoms with Gasteiger partial charge >= 0.3 is 0 Å². The Morgan fingerprint density at radius 1 is 1.33 bits per heavy atom. The second-order valence-electron chi connectivity index (χ2n) is 4.96. The third kappa shape index (κ3) is 4.72. The molecular weight excluding hydrogens is 381 g/mol. The predicted octanol–water partition coefficient (Wildman–Crippen LogP) is 5.48. The van der Waals surface area contributed by atoms with Crippen molar-refractivity contribution in [3.05, 3.63) is 26.1 Å². The van der Waals surface area contributed by atoms with Gasteiger partial charge in [0.05, 0.1) is 11.3 Å². The summed E-state index contributed by atoms with van der Waals surface area (Å²) in [6.45, 7) is 6.29. The molecule has 0 saturated heterocycles. The number of benzene rings is 1. The lowest BCUT2D eigenvalue weighted by molar-refractivity contribution is 0.0128. The van der Waals surface area contributed by atoms with Gasteiger partial charge in [0.1, 0.15) is 0 Å². The smallest absolute Gasteiger partial charge is 0.0642 e. The van der Waals surface area contributed by atoms with Crippen molar-refractivity contribution in [1.82, 2.24) is 0 Å². The second kappa shape index (κ2) is 6.60. The van der Waals surface area contributed by atoms with E-state index in [9.17, 15) is 0 Å². The van der Waals surface area contributed by atoms with E-state index in [-0.39, 0.29) is 11.6 Å². The minimum atomic E-state index is -0.141. The van der Waals surface area contributed by atoms with E-state index >= 15 is 0 Å². The lowest BCUT2D eigenvalue weighted by Crippen LogP contribution is -2.31. The Hall–Kier alpha value is 0.230. The van der Waals surface area contributed by atoms with Crippen LogP contribution in [0.3, 0.4) is 0 Å². The van der Waals surface area contributed by atoms with Crippen molar-refractivity contribution in [1.29, 1.82) is 0 Å². The van der Waals surface area contributed by atoms with Crippen LogP contribution in [0, 0.1) is 0 Å². The number of nitrogens with one attached hydrogen (secondary N) is 1. The van der Waals surface area contributed by atoms with E-state index in [1.54, 1.807) is 7.11 Å². The highest BCUT2D eigenvalue weighted by molar-refractivity contribution is 9.11. The second-order valence-corrected chi connectivity index (χ2v) is 7.10. The Bertz CT molecular complexity index is 400. The van der Waals surface area contributed by atoms with Gasteiger partial charge < -0.3 is 10.1 Å². The molecule has 1 aromatic rings. The molecule has 5 heteroatoms. The van der Waals surface area contributed by atoms with Crippen molar-refractivity contribution in [2.24, 2.45) is 0 Å². The van der Waals surface area contributed by atoms with Crippen LogP contribution in [0.15, 0.2) is 21.1 Å². The summed E-state index contributed by atoms with van der Waals surface area (Å²) in [4.78, 5) is 0. The zero-order valence-electron chi connectivity index (χ0n) is 11.0. The Labute approximate surface area is 131 Å². The number of anilines is 1. The first-order valence-electron chi connectivity index (χ1n) is 5.71. The fourth-order valence-corrected chi connectivity index (χ4v) is 3.70. The predicted molar refractivity (Wildman–Crippen MR) is 85.6 cm³/mol. The molecule has 0 heterocycles. The van der Waals surface area contributed by atoms with Crippen molar-refractivity contribution in [2.75, 3.05) is 12.4 Å². The molecular formula is C13H18Br2ClNO. The fraction of sp³-hybridized carbons (Fsp3) is 0.538. The molecule has 18 heavy (non-hydrogen) atoms. The summed E-state index contributed by atoms with van der Waals surface area (Å²) >= 11 is 13.0. The normalized spacial score (nSPS) is 13.5. The maximum Gasteiger partial charge on any atom is 0.0642 e. The van der Waals surface area contributed by atoms with Gasteiger partial charge in [0.25, 0.3) is 0 Å². The van der Waals surface area contributed by atoms with Crippen LogP contribution in [-0.2, 0) is 4.74 Å². The Kier molecular flexibility index (Phi) is 5.97. The van der Waals surface area contributed by atoms with E-state index in [4.69, 9.17) is 16.3 Å². The third-order valence-corrected chi connectivity index (χ3v) is 4.22. The highest BCUT2D eigenvalue weighted by Crippen LogP contribution is 2.35. The fourth-order valence-electron chi connectivity index (χ4n) is 1.80. The molecule has 0 aliphatic heterocycles. The van der Waals surface area contributed by atoms with Crippen LogP contribution < -0.4 is 5.32 Å². The zero-order valence-corrected chi connectivity index (χ0v) is 14.9. The van der Waals surface area contributed by atoms with Gasteiger partial charge in [0, 0.05) is 27.1 Å². The van der Waals surface area contributed by atoms with E-state index < -0.39 is 0 Å². The van der Waals surface area contributed by atoms with Crippen molar-refractivity contribution in [3.8, 4) is 0 Å². The minimum Gasteiger partial charge on any atom is -0.381 e. The molecule has 0 aliphatic rings. The van der Waals surface area contributed by atoms with Crippen LogP contribution in [0.2, 0.25) is 5.02 Å². The summed E-state index contributed by atoms with van der Waals surface area (Å²) in [6, 6.07) is 4.04. The topological polar surface area (TPSA) is 21.3 Å². The quantitative estimate of drug-likeness (QED) is 0.708. The van der Waals surface area contributed by atoms with Gasteiger partial charge in [-0.2, -0.15) is 0 Å². The largest absolute Gasteiger partial charge is 0.381 e. The lowest BCUT2D eigenvalue weighted by Gasteiger charge is -2.28. The maximum absolute atomic E-state index is 5.98. The molecule has 0 aliphatic carbocycles. The summed E-state index contributed by atoms with van der Waals surface area (Å²) < 4.78 is 7.34. The molecule has 0 aromatic heterocycles. The van der Waals surface area contributed by atoms with Crippen LogP contribution in [0.25, 0.3) is 0 Å². The van der Waals surface area contributed by atoms with Crippen LogP contribution in [0.5, 0.6) is 0 Å². The molecule has 0 amide bonds. The number of halogens is 3.